The summed E-state index contributed by atoms with van der Waals surface area (Å²) in [5, 5.41) is 18.5. The minimum Gasteiger partial charge on any atom is -0.504 e. The second-order valence-corrected chi connectivity index (χ2v) is 9.87. The van der Waals surface area contributed by atoms with Gasteiger partial charge in [0, 0.05) is 37.8 Å². The zero-order valence-corrected chi connectivity index (χ0v) is 23.3. The van der Waals surface area contributed by atoms with E-state index >= 15 is 0 Å². The second kappa shape index (κ2) is 14.2. The fraction of sp³-hybridized carbons (Fsp3) is 0.323. The average Bonchev–Trinajstić information content (AvgIpc) is 3.41. The van der Waals surface area contributed by atoms with Crippen molar-refractivity contribution in [2.24, 2.45) is 0 Å². The number of anilines is 1. The fourth-order valence-corrected chi connectivity index (χ4v) is 4.76. The van der Waals surface area contributed by atoms with Crippen LogP contribution in [0.2, 0.25) is 0 Å². The van der Waals surface area contributed by atoms with Crippen LogP contribution in [0.15, 0.2) is 72.8 Å². The quantitative estimate of drug-likeness (QED) is 0.263. The number of benzene rings is 3. The maximum absolute atomic E-state index is 13.4. The summed E-state index contributed by atoms with van der Waals surface area (Å²) in [7, 11) is 1.52. The number of hydrogen-bond donors (Lipinski definition) is 4. The van der Waals surface area contributed by atoms with Crippen molar-refractivity contribution in [1.82, 2.24) is 15.5 Å². The highest BCUT2D eigenvalue weighted by molar-refractivity contribution is 5.95. The van der Waals surface area contributed by atoms with Gasteiger partial charge in [0.1, 0.15) is 6.04 Å². The fourth-order valence-electron chi connectivity index (χ4n) is 4.76. The zero-order valence-electron chi connectivity index (χ0n) is 23.3. The van der Waals surface area contributed by atoms with E-state index in [0.29, 0.717) is 36.5 Å². The van der Waals surface area contributed by atoms with Crippen LogP contribution in [0.1, 0.15) is 34.8 Å². The molecule has 3 aromatic carbocycles. The molecule has 0 spiro atoms. The van der Waals surface area contributed by atoms with Crippen LogP contribution < -0.4 is 20.7 Å². The van der Waals surface area contributed by atoms with Crippen LogP contribution in [-0.4, -0.2) is 66.8 Å². The number of phenols is 1. The van der Waals surface area contributed by atoms with E-state index in [4.69, 9.17) is 9.47 Å². The van der Waals surface area contributed by atoms with Gasteiger partial charge in [-0.3, -0.25) is 9.69 Å². The number of ether oxygens (including phenoxy) is 2. The Kier molecular flexibility index (Phi) is 10.2. The number of nitrogens with zero attached hydrogens (tertiary/aromatic N) is 1. The monoisotopic (exact) mass is 560 g/mol. The van der Waals surface area contributed by atoms with Crippen LogP contribution in [0, 0.1) is 0 Å². The zero-order chi connectivity index (χ0) is 29.2. The highest BCUT2D eigenvalue weighted by atomic mass is 16.5. The molecular formula is C31H36N4O6. The van der Waals surface area contributed by atoms with E-state index in [0.717, 1.165) is 24.1 Å². The van der Waals surface area contributed by atoms with Gasteiger partial charge in [-0.1, -0.05) is 36.4 Å². The van der Waals surface area contributed by atoms with Gasteiger partial charge in [-0.25, -0.2) is 9.59 Å². The number of hydrogen-bond acceptors (Lipinski definition) is 7. The van der Waals surface area contributed by atoms with Gasteiger partial charge in [0.15, 0.2) is 11.5 Å². The Balaban J connectivity index is 1.36. The number of esters is 1. The summed E-state index contributed by atoms with van der Waals surface area (Å²) in [6.07, 6.45) is 1.10. The Hall–Kier alpha value is -4.57. The van der Waals surface area contributed by atoms with Crippen LogP contribution in [-0.2, 0) is 22.5 Å². The number of urea groups is 1. The lowest BCUT2D eigenvalue weighted by Crippen LogP contribution is -2.52. The number of rotatable bonds is 11. The van der Waals surface area contributed by atoms with Gasteiger partial charge in [0.2, 0.25) is 5.91 Å². The first-order valence-corrected chi connectivity index (χ1v) is 13.6. The molecule has 10 nitrogen and oxygen atoms in total. The van der Waals surface area contributed by atoms with Gasteiger partial charge in [0.05, 0.1) is 19.3 Å². The molecular weight excluding hydrogens is 524 g/mol. The van der Waals surface area contributed by atoms with Crippen LogP contribution >= 0.6 is 0 Å². The van der Waals surface area contributed by atoms with E-state index in [1.807, 2.05) is 42.5 Å². The Morgan fingerprint density at radius 1 is 1.02 bits per heavy atom. The van der Waals surface area contributed by atoms with Gasteiger partial charge < -0.3 is 30.5 Å². The van der Waals surface area contributed by atoms with Gasteiger partial charge in [0.25, 0.3) is 0 Å². The van der Waals surface area contributed by atoms with Crippen molar-refractivity contribution in [2.45, 2.75) is 38.4 Å². The van der Waals surface area contributed by atoms with Crippen molar-refractivity contribution >= 4 is 23.6 Å². The summed E-state index contributed by atoms with van der Waals surface area (Å²) >= 11 is 0. The summed E-state index contributed by atoms with van der Waals surface area (Å²) in [6, 6.07) is 19.7. The molecule has 41 heavy (non-hydrogen) atoms. The maximum Gasteiger partial charge on any atom is 0.338 e. The van der Waals surface area contributed by atoms with Crippen LogP contribution in [0.5, 0.6) is 11.5 Å². The van der Waals surface area contributed by atoms with E-state index in [9.17, 15) is 19.5 Å². The molecule has 1 aliphatic rings. The predicted molar refractivity (Wildman–Crippen MR) is 155 cm³/mol. The Bertz CT molecular complexity index is 1330. The minimum absolute atomic E-state index is 0.0694. The van der Waals surface area contributed by atoms with Crippen molar-refractivity contribution in [1.29, 1.82) is 0 Å². The van der Waals surface area contributed by atoms with E-state index in [2.05, 4.69) is 20.9 Å². The lowest BCUT2D eigenvalue weighted by atomic mass is 10.0. The van der Waals surface area contributed by atoms with E-state index < -0.39 is 18.0 Å². The van der Waals surface area contributed by atoms with Crippen LogP contribution in [0.3, 0.4) is 0 Å². The van der Waals surface area contributed by atoms with Crippen LogP contribution in [0.4, 0.5) is 10.5 Å². The molecule has 0 saturated carbocycles. The van der Waals surface area contributed by atoms with Crippen molar-refractivity contribution in [3.05, 3.63) is 89.5 Å². The van der Waals surface area contributed by atoms with Crippen molar-refractivity contribution < 1.29 is 29.0 Å². The molecule has 3 amide bonds. The van der Waals surface area contributed by atoms with Crippen molar-refractivity contribution in [2.75, 3.05) is 32.1 Å². The highest BCUT2D eigenvalue weighted by Gasteiger charge is 2.28. The molecule has 0 radical (unpaired) electrons. The summed E-state index contributed by atoms with van der Waals surface area (Å²) in [5.41, 5.74) is 2.78. The van der Waals surface area contributed by atoms with Gasteiger partial charge in [-0.2, -0.15) is 0 Å². The third kappa shape index (κ3) is 8.46. The van der Waals surface area contributed by atoms with E-state index in [-0.39, 0.29) is 24.3 Å². The summed E-state index contributed by atoms with van der Waals surface area (Å²) in [6.45, 7) is 4.13. The number of amides is 3. The SMILES string of the molecule is CCOC(=O)c1ccc(NC(=O)N[C@@H](Cc2ccccc2)C(=O)NC2CCN(Cc3ccc(O)c(OC)c3)C2)cc1. The molecule has 4 rings (SSSR count). The molecule has 216 valence electrons. The van der Waals surface area contributed by atoms with Crippen molar-refractivity contribution in [3.63, 3.8) is 0 Å². The number of methoxy groups -OCH3 is 1. The molecule has 0 aromatic heterocycles. The normalized spacial score (nSPS) is 15.5. The molecule has 0 bridgehead atoms. The summed E-state index contributed by atoms with van der Waals surface area (Å²) in [4.78, 5) is 40.4. The summed E-state index contributed by atoms with van der Waals surface area (Å²) < 4.78 is 10.2. The molecule has 2 atom stereocenters. The highest BCUT2D eigenvalue weighted by Crippen LogP contribution is 2.27. The predicted octanol–water partition coefficient (Wildman–Crippen LogP) is 3.70. The number of likely N-dealkylation sites (tertiary alicyclic amines) is 1. The third-order valence-electron chi connectivity index (χ3n) is 6.83. The number of nitrogens with one attached hydrogen (secondary N) is 3. The first-order valence-electron chi connectivity index (χ1n) is 13.6. The number of carbonyl (C=O) groups is 3. The standard InChI is InChI=1S/C31H36N4O6/c1-3-41-30(38)23-10-12-24(13-11-23)33-31(39)34-26(17-21-7-5-4-6-8-21)29(37)32-25-15-16-35(20-25)19-22-9-14-27(36)28(18-22)40-2/h4-14,18,25-26,36H,3,15-17,19-20H2,1-2H3,(H,32,37)(H2,33,34,39)/t25?,26-/m0/s1. The molecule has 0 aliphatic carbocycles. The van der Waals surface area contributed by atoms with Crippen LogP contribution in [0.25, 0.3) is 0 Å². The Morgan fingerprint density at radius 2 is 1.78 bits per heavy atom. The molecule has 1 fully saturated rings. The number of phenolic OH excluding ortho intramolecular Hbond substituents is 1. The lowest BCUT2D eigenvalue weighted by molar-refractivity contribution is -0.123. The molecule has 3 aromatic rings. The largest absolute Gasteiger partial charge is 0.504 e. The van der Waals surface area contributed by atoms with E-state index in [1.165, 1.54) is 7.11 Å². The van der Waals surface area contributed by atoms with Gasteiger partial charge in [-0.15, -0.1) is 0 Å². The van der Waals surface area contributed by atoms with Crippen molar-refractivity contribution in [3.8, 4) is 11.5 Å². The molecule has 10 heteroatoms. The average molecular weight is 561 g/mol. The Morgan fingerprint density at radius 3 is 2.49 bits per heavy atom. The van der Waals surface area contributed by atoms with E-state index in [1.54, 1.807) is 37.3 Å². The molecule has 1 saturated heterocycles. The minimum atomic E-state index is -0.799. The van der Waals surface area contributed by atoms with Gasteiger partial charge in [-0.05, 0) is 60.9 Å². The smallest absolute Gasteiger partial charge is 0.338 e. The lowest BCUT2D eigenvalue weighted by Gasteiger charge is -2.22. The molecule has 1 heterocycles. The topological polar surface area (TPSA) is 129 Å². The molecule has 1 aliphatic heterocycles. The van der Waals surface area contributed by atoms with Gasteiger partial charge >= 0.3 is 12.0 Å². The summed E-state index contributed by atoms with van der Waals surface area (Å²) in [5.74, 6) is -0.178. The Labute approximate surface area is 239 Å². The number of aromatic hydroxyl groups is 1. The first kappa shape index (κ1) is 29.4. The second-order valence-electron chi connectivity index (χ2n) is 9.87. The maximum atomic E-state index is 13.4. The molecule has 1 unspecified atom stereocenters. The number of carbonyl (C=O) groups excluding carboxylic acids is 3. The first-order chi connectivity index (χ1) is 19.8. The third-order valence-corrected chi connectivity index (χ3v) is 6.83. The molecule has 4 N–H and O–H groups in total.